The van der Waals surface area contributed by atoms with Crippen LogP contribution in [0.1, 0.15) is 38.8 Å². The predicted octanol–water partition coefficient (Wildman–Crippen LogP) is 4.25. The highest BCUT2D eigenvalue weighted by atomic mass is 16.7. The van der Waals surface area contributed by atoms with Gasteiger partial charge in [0.2, 0.25) is 0 Å². The first-order chi connectivity index (χ1) is 11.8. The van der Waals surface area contributed by atoms with E-state index in [0.29, 0.717) is 13.2 Å². The third-order valence-electron chi connectivity index (χ3n) is 4.67. The second-order valence-electron chi connectivity index (χ2n) is 7.46. The van der Waals surface area contributed by atoms with Gasteiger partial charge in [-0.25, -0.2) is 0 Å². The Balaban J connectivity index is 1.64. The van der Waals surface area contributed by atoms with Gasteiger partial charge in [-0.3, -0.25) is 0 Å². The van der Waals surface area contributed by atoms with E-state index >= 15 is 0 Å². The van der Waals surface area contributed by atoms with Crippen molar-refractivity contribution in [2.45, 2.75) is 45.0 Å². The smallest absolute Gasteiger partial charge is 0.163 e. The number of rotatable bonds is 5. The topological polar surface area (TPSA) is 47.9 Å². The second-order valence-corrected chi connectivity index (χ2v) is 7.46. The maximum atomic E-state index is 9.48. The summed E-state index contributed by atoms with van der Waals surface area (Å²) in [5, 5.41) is 9.48. The maximum Gasteiger partial charge on any atom is 0.163 e. The predicted molar refractivity (Wildman–Crippen MR) is 97.1 cm³/mol. The van der Waals surface area contributed by atoms with Crippen LogP contribution in [-0.4, -0.2) is 30.2 Å². The Morgan fingerprint density at radius 3 is 2.12 bits per heavy atom. The van der Waals surface area contributed by atoms with Crippen molar-refractivity contribution in [3.05, 3.63) is 59.7 Å². The molecule has 0 saturated carbocycles. The normalized spacial score (nSPS) is 19.8. The van der Waals surface area contributed by atoms with Crippen molar-refractivity contribution in [1.82, 2.24) is 0 Å². The van der Waals surface area contributed by atoms with Gasteiger partial charge in [-0.05, 0) is 49.2 Å². The molecule has 1 aliphatic rings. The standard InChI is InChI=1S/C21H26O4/c1-20(2,15-5-9-17(22)10-6-15)16-7-11-18(12-8-16)23-13-19-14-24-21(3,4)25-19/h5-12,19,22H,13-14H2,1-4H3. The number of phenols is 1. The van der Waals surface area contributed by atoms with Crippen LogP contribution in [0.5, 0.6) is 11.5 Å². The van der Waals surface area contributed by atoms with Gasteiger partial charge in [0, 0.05) is 5.41 Å². The van der Waals surface area contributed by atoms with Crippen molar-refractivity contribution in [1.29, 1.82) is 0 Å². The molecule has 1 saturated heterocycles. The van der Waals surface area contributed by atoms with Crippen LogP contribution in [0.25, 0.3) is 0 Å². The summed E-state index contributed by atoms with van der Waals surface area (Å²) in [6.45, 7) is 9.19. The molecule has 0 aliphatic carbocycles. The van der Waals surface area contributed by atoms with Crippen molar-refractivity contribution in [2.75, 3.05) is 13.2 Å². The summed E-state index contributed by atoms with van der Waals surface area (Å²) in [6, 6.07) is 15.5. The summed E-state index contributed by atoms with van der Waals surface area (Å²) in [7, 11) is 0. The van der Waals surface area contributed by atoms with Gasteiger partial charge in [0.25, 0.3) is 0 Å². The third-order valence-corrected chi connectivity index (χ3v) is 4.67. The summed E-state index contributed by atoms with van der Waals surface area (Å²) in [5.41, 5.74) is 2.18. The molecule has 1 fully saturated rings. The Labute approximate surface area is 149 Å². The van der Waals surface area contributed by atoms with Crippen LogP contribution in [-0.2, 0) is 14.9 Å². The molecular formula is C21H26O4. The number of aromatic hydroxyl groups is 1. The largest absolute Gasteiger partial charge is 0.508 e. The van der Waals surface area contributed by atoms with E-state index in [1.54, 1.807) is 12.1 Å². The van der Waals surface area contributed by atoms with Crippen LogP contribution in [0.2, 0.25) is 0 Å². The molecule has 3 rings (SSSR count). The molecule has 2 aromatic rings. The third kappa shape index (κ3) is 4.14. The second kappa shape index (κ2) is 6.70. The maximum absolute atomic E-state index is 9.48. The Hall–Kier alpha value is -2.04. The van der Waals surface area contributed by atoms with Gasteiger partial charge in [-0.1, -0.05) is 38.1 Å². The minimum atomic E-state index is -0.522. The van der Waals surface area contributed by atoms with E-state index in [0.717, 1.165) is 11.3 Å². The summed E-state index contributed by atoms with van der Waals surface area (Å²) in [6.07, 6.45) is -0.0388. The lowest BCUT2D eigenvalue weighted by atomic mass is 9.78. The number of phenolic OH excluding ortho intramolecular Hbond substituents is 1. The van der Waals surface area contributed by atoms with E-state index in [1.165, 1.54) is 5.56 Å². The van der Waals surface area contributed by atoms with Crippen molar-refractivity contribution in [3.63, 3.8) is 0 Å². The molecule has 0 radical (unpaired) electrons. The van der Waals surface area contributed by atoms with Gasteiger partial charge < -0.3 is 19.3 Å². The molecule has 4 nitrogen and oxygen atoms in total. The Kier molecular flexibility index (Phi) is 4.76. The van der Waals surface area contributed by atoms with Gasteiger partial charge in [0.15, 0.2) is 5.79 Å². The number of ether oxygens (including phenoxy) is 3. The van der Waals surface area contributed by atoms with E-state index in [4.69, 9.17) is 14.2 Å². The minimum absolute atomic E-state index is 0.0388. The van der Waals surface area contributed by atoms with E-state index in [9.17, 15) is 5.11 Å². The zero-order chi connectivity index (χ0) is 18.1. The number of benzene rings is 2. The summed E-state index contributed by atoms with van der Waals surface area (Å²) in [5.74, 6) is 0.578. The molecule has 4 heteroatoms. The zero-order valence-corrected chi connectivity index (χ0v) is 15.3. The summed E-state index contributed by atoms with van der Waals surface area (Å²) >= 11 is 0. The Morgan fingerprint density at radius 2 is 1.60 bits per heavy atom. The molecule has 0 bridgehead atoms. The lowest BCUT2D eigenvalue weighted by Crippen LogP contribution is -2.25. The van der Waals surface area contributed by atoms with Crippen molar-refractivity contribution >= 4 is 0 Å². The van der Waals surface area contributed by atoms with Crippen LogP contribution in [0.4, 0.5) is 0 Å². The average Bonchev–Trinajstić information content (AvgIpc) is 2.93. The zero-order valence-electron chi connectivity index (χ0n) is 15.3. The molecular weight excluding hydrogens is 316 g/mol. The lowest BCUT2D eigenvalue weighted by molar-refractivity contribution is -0.141. The quantitative estimate of drug-likeness (QED) is 0.882. The first-order valence-corrected chi connectivity index (χ1v) is 8.61. The first-order valence-electron chi connectivity index (χ1n) is 8.61. The van der Waals surface area contributed by atoms with Crippen LogP contribution in [0.3, 0.4) is 0 Å². The SMILES string of the molecule is CC1(C)OCC(COc2ccc(C(C)(C)c3ccc(O)cc3)cc2)O1. The minimum Gasteiger partial charge on any atom is -0.508 e. The van der Waals surface area contributed by atoms with Gasteiger partial charge in [-0.15, -0.1) is 0 Å². The van der Waals surface area contributed by atoms with Crippen molar-refractivity contribution in [2.24, 2.45) is 0 Å². The van der Waals surface area contributed by atoms with Gasteiger partial charge in [0.05, 0.1) is 6.61 Å². The number of hydrogen-bond acceptors (Lipinski definition) is 4. The molecule has 0 amide bonds. The molecule has 1 atom stereocenters. The van der Waals surface area contributed by atoms with E-state index in [-0.39, 0.29) is 17.3 Å². The lowest BCUT2D eigenvalue weighted by Gasteiger charge is -2.26. The molecule has 2 aromatic carbocycles. The van der Waals surface area contributed by atoms with Crippen molar-refractivity contribution in [3.8, 4) is 11.5 Å². The van der Waals surface area contributed by atoms with E-state index < -0.39 is 5.79 Å². The van der Waals surface area contributed by atoms with Crippen LogP contribution < -0.4 is 4.74 Å². The monoisotopic (exact) mass is 342 g/mol. The van der Waals surface area contributed by atoms with Crippen molar-refractivity contribution < 1.29 is 19.3 Å². The average molecular weight is 342 g/mol. The highest BCUT2D eigenvalue weighted by Gasteiger charge is 2.33. The fourth-order valence-electron chi connectivity index (χ4n) is 3.05. The molecule has 25 heavy (non-hydrogen) atoms. The fourth-order valence-corrected chi connectivity index (χ4v) is 3.05. The van der Waals surface area contributed by atoms with Crippen LogP contribution >= 0.6 is 0 Å². The molecule has 1 aliphatic heterocycles. The summed E-state index contributed by atoms with van der Waals surface area (Å²) in [4.78, 5) is 0. The highest BCUT2D eigenvalue weighted by molar-refractivity contribution is 5.41. The van der Waals surface area contributed by atoms with E-state index in [1.807, 2.05) is 38.1 Å². The summed E-state index contributed by atoms with van der Waals surface area (Å²) < 4.78 is 17.1. The Morgan fingerprint density at radius 1 is 1.04 bits per heavy atom. The van der Waals surface area contributed by atoms with Crippen LogP contribution in [0, 0.1) is 0 Å². The molecule has 1 heterocycles. The van der Waals surface area contributed by atoms with Gasteiger partial charge in [0.1, 0.15) is 24.2 Å². The molecule has 1 N–H and O–H groups in total. The molecule has 134 valence electrons. The van der Waals surface area contributed by atoms with Gasteiger partial charge >= 0.3 is 0 Å². The molecule has 0 aromatic heterocycles. The molecule has 0 spiro atoms. The number of hydrogen-bond donors (Lipinski definition) is 1. The fraction of sp³-hybridized carbons (Fsp3) is 0.429. The van der Waals surface area contributed by atoms with E-state index in [2.05, 4.69) is 26.0 Å². The molecule has 1 unspecified atom stereocenters. The Bertz CT molecular complexity index is 702. The highest BCUT2D eigenvalue weighted by Crippen LogP contribution is 2.33. The first kappa shape index (κ1) is 17.8. The van der Waals surface area contributed by atoms with Gasteiger partial charge in [-0.2, -0.15) is 0 Å². The van der Waals surface area contributed by atoms with Crippen LogP contribution in [0.15, 0.2) is 48.5 Å².